The molecule has 0 radical (unpaired) electrons. The number of carbonyl (C=O) groups excluding carboxylic acids is 12. The number of aryl methyl sites for hydroxylation is 1. The maximum absolute atomic E-state index is 15.2. The number of ether oxygens (including phenoxy) is 2. The monoisotopic (exact) mass is 1760 g/mol. The minimum atomic E-state index is -4.35. The lowest BCUT2D eigenvalue weighted by atomic mass is 9.83. The molecule has 0 spiro atoms. The number of hydrogen-bond donors (Lipinski definition) is 6. The van der Waals surface area contributed by atoms with E-state index in [1.54, 1.807) is 68.4 Å². The number of anilines is 3. The minimum absolute atomic E-state index is 0. The van der Waals surface area contributed by atoms with Gasteiger partial charge in [-0.3, -0.25) is 57.6 Å². The molecule has 5 fully saturated rings. The van der Waals surface area contributed by atoms with Crippen LogP contribution in [-0.2, 0) is 63.6 Å². The highest BCUT2D eigenvalue weighted by atomic mass is 35.5. The fraction of sp³-hybridized carbons (Fsp3) is 0.581. The van der Waals surface area contributed by atoms with Crippen LogP contribution in [-0.4, -0.2) is 252 Å². The van der Waals surface area contributed by atoms with Gasteiger partial charge in [0, 0.05) is 106 Å². The van der Waals surface area contributed by atoms with Gasteiger partial charge in [0.05, 0.1) is 65.5 Å². The number of nitrogens with two attached hydrogens (primary N) is 1. The van der Waals surface area contributed by atoms with Crippen LogP contribution in [0.5, 0.6) is 0 Å². The van der Waals surface area contributed by atoms with Crippen LogP contribution in [0.4, 0.5) is 30.2 Å². The average Bonchev–Trinajstić information content (AvgIpc) is 0.825. The molecule has 8 amide bonds. The Balaban J connectivity index is 0.000000481. The Morgan fingerprint density at radius 3 is 1.56 bits per heavy atom. The largest absolute Gasteiger partial charge is 0.458 e. The summed E-state index contributed by atoms with van der Waals surface area (Å²) >= 11 is 1.53. The molecule has 11 rings (SSSR count). The fourth-order valence-electron chi connectivity index (χ4n) is 17.2. The molecule has 5 aliphatic heterocycles. The van der Waals surface area contributed by atoms with Gasteiger partial charge in [-0.2, -0.15) is 13.2 Å². The zero-order valence-corrected chi connectivity index (χ0v) is 74.4. The molecule has 8 aliphatic rings. The van der Waals surface area contributed by atoms with Crippen molar-refractivity contribution in [3.8, 4) is 11.5 Å². The van der Waals surface area contributed by atoms with Gasteiger partial charge < -0.3 is 75.4 Å². The van der Waals surface area contributed by atoms with Gasteiger partial charge in [0.2, 0.25) is 40.9 Å². The summed E-state index contributed by atoms with van der Waals surface area (Å²) in [5, 5.41) is 19.9. The summed E-state index contributed by atoms with van der Waals surface area (Å²) in [5.41, 5.74) is 4.68. The number of nitrogen functional groups attached to an aromatic ring is 1. The molecule has 122 heavy (non-hydrogen) atoms. The van der Waals surface area contributed by atoms with Crippen LogP contribution in [0, 0.1) is 61.2 Å². The van der Waals surface area contributed by atoms with E-state index in [9.17, 15) is 65.9 Å². The van der Waals surface area contributed by atoms with E-state index in [2.05, 4.69) is 31.1 Å². The van der Waals surface area contributed by atoms with Crippen LogP contribution in [0.25, 0.3) is 22.6 Å². The zero-order valence-electron chi connectivity index (χ0n) is 71.9. The highest BCUT2D eigenvalue weighted by Crippen LogP contribution is 2.50. The maximum atomic E-state index is 15.2. The van der Waals surface area contributed by atoms with E-state index in [0.29, 0.717) is 62.9 Å². The van der Waals surface area contributed by atoms with Crippen LogP contribution in [0.1, 0.15) is 152 Å². The number of cyclic esters (lactones) is 2. The van der Waals surface area contributed by atoms with Gasteiger partial charge in [-0.25, -0.2) is 14.6 Å². The van der Waals surface area contributed by atoms with Crippen molar-refractivity contribution in [1.82, 2.24) is 55.7 Å². The lowest BCUT2D eigenvalue weighted by Crippen LogP contribution is -2.59. The van der Waals surface area contributed by atoms with Crippen molar-refractivity contribution in [3.63, 3.8) is 0 Å². The Labute approximate surface area is 725 Å². The van der Waals surface area contributed by atoms with E-state index in [-0.39, 0.29) is 65.1 Å². The zero-order chi connectivity index (χ0) is 88.1. The highest BCUT2D eigenvalue weighted by Gasteiger charge is 2.49. The molecule has 30 nitrogen and oxygen atoms in total. The van der Waals surface area contributed by atoms with Crippen molar-refractivity contribution < 1.29 is 89.7 Å². The van der Waals surface area contributed by atoms with Crippen LogP contribution >= 0.6 is 36.6 Å². The Hall–Kier alpha value is -9.48. The number of carbonyl (C=O) groups is 12. The van der Waals surface area contributed by atoms with Crippen LogP contribution in [0.15, 0.2) is 73.6 Å². The molecule has 3 saturated heterocycles. The summed E-state index contributed by atoms with van der Waals surface area (Å²) < 4.78 is 58.3. The first-order valence-electron chi connectivity index (χ1n) is 41.3. The number of fused-ring (bicyclic) bond motifs is 6. The predicted octanol–water partition coefficient (Wildman–Crippen LogP) is 7.87. The Kier molecular flexibility index (Phi) is 33.2. The summed E-state index contributed by atoms with van der Waals surface area (Å²) in [5.74, 6) is -14.9. The Morgan fingerprint density at radius 2 is 1.08 bits per heavy atom. The van der Waals surface area contributed by atoms with E-state index in [1.807, 2.05) is 29.2 Å². The number of aliphatic hydroxyl groups is 1. The molecule has 5 heterocycles. The van der Waals surface area contributed by atoms with Gasteiger partial charge in [-0.15, -0.1) is 24.8 Å². The number of rotatable bonds is 14. The molecule has 0 aromatic heterocycles. The molecule has 668 valence electrons. The number of hydrogen-bond acceptors (Lipinski definition) is 23. The first-order valence-corrected chi connectivity index (χ1v) is 42.1. The SMILES string of the molecule is Cc1c2oc3c(C)ccc(C(=O)NC4C(=O)NC(C(C)C)C(=O)C5CCCC5C(=O)N(C)CC(=O)N(C)C(C(C)C)C(=O)OC4C)c3nc-2c(C(=O)NC2C(=O)NC(C(C)C)C(=O)C3CCCC3C(=O)N(C)CC(=O)N(C)C(C(C)C)C(=O)OC2C)c(N)c1=O.Cl.Cl.OCCN1CCN(CCCN2c3ccccc3Sc3ccc(C(F)(F)F)cc32)CC1. The molecule has 7 N–H and O–H groups in total. The molecule has 2 saturated carbocycles. The van der Waals surface area contributed by atoms with Crippen LogP contribution in [0.2, 0.25) is 0 Å². The number of nitrogens with one attached hydrogen (secondary N) is 4. The quantitative estimate of drug-likeness (QED) is 0.0350. The van der Waals surface area contributed by atoms with Crippen molar-refractivity contribution in [3.05, 3.63) is 92.6 Å². The third-order valence-electron chi connectivity index (χ3n) is 24.0. The van der Waals surface area contributed by atoms with Gasteiger partial charge in [0.1, 0.15) is 47.6 Å². The molecule has 36 heteroatoms. The molecule has 3 aromatic carbocycles. The smallest absolute Gasteiger partial charge is 0.416 e. The van der Waals surface area contributed by atoms with Crippen molar-refractivity contribution in [2.75, 3.05) is 104 Å². The molecule has 3 aromatic rings. The number of ketones is 2. The van der Waals surface area contributed by atoms with Gasteiger partial charge in [0.15, 0.2) is 22.9 Å². The fourth-order valence-corrected chi connectivity index (χ4v) is 18.3. The number of piperazine rings is 1. The van der Waals surface area contributed by atoms with Crippen molar-refractivity contribution in [2.45, 2.75) is 192 Å². The Morgan fingerprint density at radius 1 is 0.615 bits per heavy atom. The second kappa shape index (κ2) is 41.3. The number of nitrogens with zero attached hydrogens (tertiary/aromatic N) is 8. The molecule has 0 bridgehead atoms. The van der Waals surface area contributed by atoms with E-state index < -0.39 is 208 Å². The number of para-hydroxylation sites is 1. The first-order chi connectivity index (χ1) is 56.6. The number of Topliss-reactive ketones (excluding diaryl/α,β-unsaturated/α-hetero) is 2. The molecular weight excluding hydrogens is 1650 g/mol. The van der Waals surface area contributed by atoms with Crippen molar-refractivity contribution >= 4 is 136 Å². The first kappa shape index (κ1) is 98.0. The lowest BCUT2D eigenvalue weighted by Gasteiger charge is -2.36. The predicted molar refractivity (Wildman–Crippen MR) is 456 cm³/mol. The molecule has 12 atom stereocenters. The molecular formula is C86H116Cl2F3N13O17S. The number of esters is 2. The van der Waals surface area contributed by atoms with Crippen LogP contribution in [0.3, 0.4) is 0 Å². The number of halogens is 5. The highest BCUT2D eigenvalue weighted by molar-refractivity contribution is 7.99. The normalized spacial score (nSPS) is 24.9. The van der Waals surface area contributed by atoms with Gasteiger partial charge in [-0.05, 0) is 132 Å². The lowest BCUT2D eigenvalue weighted by molar-refractivity contribution is -0.163. The Bertz CT molecular complexity index is 4780. The van der Waals surface area contributed by atoms with Gasteiger partial charge >= 0.3 is 18.1 Å². The van der Waals surface area contributed by atoms with E-state index in [1.165, 1.54) is 94.8 Å². The second-order valence-electron chi connectivity index (χ2n) is 33.9. The van der Waals surface area contributed by atoms with E-state index in [4.69, 9.17) is 29.7 Å². The summed E-state index contributed by atoms with van der Waals surface area (Å²) in [6.45, 7) is 24.6. The van der Waals surface area contributed by atoms with E-state index in [0.717, 1.165) is 64.4 Å². The van der Waals surface area contributed by atoms with Gasteiger partial charge in [0.25, 0.3) is 11.8 Å². The van der Waals surface area contributed by atoms with Crippen LogP contribution < -0.4 is 37.3 Å². The number of aliphatic hydroxyl groups excluding tert-OH is 1. The molecule has 12 unspecified atom stereocenters. The number of aromatic nitrogens is 1. The summed E-state index contributed by atoms with van der Waals surface area (Å²) in [4.78, 5) is 206. The number of β-amino-alcohol motifs (C(OH)–C–C–N with tert-alkyl or cyclic N) is 1. The molecule has 3 aliphatic carbocycles. The van der Waals surface area contributed by atoms with Gasteiger partial charge in [-0.1, -0.05) is 98.2 Å². The van der Waals surface area contributed by atoms with Crippen molar-refractivity contribution in [1.29, 1.82) is 0 Å². The average molecular weight is 1760 g/mol. The second-order valence-corrected chi connectivity index (χ2v) is 35.0. The maximum Gasteiger partial charge on any atom is 0.416 e. The minimum Gasteiger partial charge on any atom is -0.458 e. The third kappa shape index (κ3) is 21.5. The number of benzene rings is 4. The third-order valence-corrected chi connectivity index (χ3v) is 25.2. The summed E-state index contributed by atoms with van der Waals surface area (Å²) in [7, 11) is 5.66. The number of likely N-dealkylation sites (N-methyl/N-ethyl adjacent to an activating group) is 4. The topological polar surface area (TPSA) is 383 Å². The number of alkyl halides is 3. The van der Waals surface area contributed by atoms with E-state index >= 15 is 9.59 Å². The summed E-state index contributed by atoms with van der Waals surface area (Å²) in [6.07, 6.45) is -4.14. The standard InChI is InChI=1S/C64H88N10O16.C22H26F3N3OS.2ClH/c1-27(2)44-53(78)35-19-17-21-37(35)61(84)71(13)25-40(75)73(15)50(29(5)6)63(86)88-33(11)46(59(82)67-44)69-57(80)39-24-23-31(9)55-48(39)66-49-42(43(65)52(77)32(10)56(49)90-55)58(81)70-47-34(12)89-64(87)51(30(7)8)74(16)41(76)26-72(14)62(85)38-22-18-20-36(38)54(79)45(28(3)4)68-60(47)83;23-22(24,25)17-6-7-21-19(16-17)28(18-4-1-2-5-20(18)30-21)9-3-8-26-10-12-27(13-11-26)14-15-29;;/h23-24,27-30,33-38,44-47,50-51H,17-22,25-26,65H2,1-16H3,(H,67,82)(H,68,83)(H,69,80)(H,70,81);1-2,4-7,16,29H,3,8-15H2;2*1H. The van der Waals surface area contributed by atoms with Crippen molar-refractivity contribution in [2.24, 2.45) is 47.3 Å². The summed E-state index contributed by atoms with van der Waals surface area (Å²) in [6, 6.07) is 6.24. The number of amides is 8.